The van der Waals surface area contributed by atoms with Crippen LogP contribution >= 0.6 is 0 Å². The van der Waals surface area contributed by atoms with E-state index < -0.39 is 17.5 Å². The van der Waals surface area contributed by atoms with Crippen LogP contribution in [0, 0.1) is 17.5 Å². The molecule has 6 heteroatoms. The Morgan fingerprint density at radius 2 is 1.76 bits per heavy atom. The lowest BCUT2D eigenvalue weighted by molar-refractivity contribution is 0.242. The molecule has 0 fully saturated rings. The number of hydrogen-bond donors (Lipinski definition) is 2. The molecule has 0 aromatic heterocycles. The van der Waals surface area contributed by atoms with Gasteiger partial charge in [0, 0.05) is 35.6 Å². The monoisotopic (exact) mass is 296 g/mol. The lowest BCUT2D eigenvalue weighted by Gasteiger charge is -2.14. The van der Waals surface area contributed by atoms with Crippen LogP contribution in [0.15, 0.2) is 30.3 Å². The van der Waals surface area contributed by atoms with E-state index in [4.69, 9.17) is 10.5 Å². The molecule has 0 bridgehead atoms. The second kappa shape index (κ2) is 5.95. The van der Waals surface area contributed by atoms with Crippen molar-refractivity contribution in [2.24, 2.45) is 0 Å². The minimum Gasteiger partial charge on any atom is -0.491 e. The third kappa shape index (κ3) is 3.81. The predicted octanol–water partition coefficient (Wildman–Crippen LogP) is 4.22. The highest BCUT2D eigenvalue weighted by atomic mass is 19.2. The molecule has 3 nitrogen and oxygen atoms in total. The van der Waals surface area contributed by atoms with Crippen LogP contribution in [0.4, 0.5) is 30.2 Å². The van der Waals surface area contributed by atoms with Gasteiger partial charge in [-0.3, -0.25) is 0 Å². The molecule has 0 aliphatic rings. The average Bonchev–Trinajstić information content (AvgIpc) is 2.33. The quantitative estimate of drug-likeness (QED) is 0.656. The number of nitrogens with two attached hydrogens (primary N) is 1. The first-order valence-electron chi connectivity index (χ1n) is 6.34. The van der Waals surface area contributed by atoms with Gasteiger partial charge in [-0.25, -0.2) is 13.2 Å². The van der Waals surface area contributed by atoms with Crippen molar-refractivity contribution in [1.29, 1.82) is 0 Å². The van der Waals surface area contributed by atoms with E-state index in [0.29, 0.717) is 23.2 Å². The second-order valence-electron chi connectivity index (χ2n) is 4.83. The van der Waals surface area contributed by atoms with Crippen molar-refractivity contribution < 1.29 is 17.9 Å². The van der Waals surface area contributed by atoms with Gasteiger partial charge in [-0.1, -0.05) is 0 Å². The van der Waals surface area contributed by atoms with Crippen molar-refractivity contribution in [3.8, 4) is 5.75 Å². The Balaban J connectivity index is 2.33. The number of nitrogens with one attached hydrogen (secondary N) is 1. The van der Waals surface area contributed by atoms with E-state index in [1.807, 2.05) is 13.8 Å². The van der Waals surface area contributed by atoms with Gasteiger partial charge in [-0.05, 0) is 19.9 Å². The molecular formula is C15H15F3N2O. The fourth-order valence-corrected chi connectivity index (χ4v) is 1.84. The van der Waals surface area contributed by atoms with Crippen molar-refractivity contribution >= 4 is 17.1 Å². The molecule has 21 heavy (non-hydrogen) atoms. The molecule has 0 radical (unpaired) electrons. The van der Waals surface area contributed by atoms with Crippen LogP contribution < -0.4 is 15.8 Å². The van der Waals surface area contributed by atoms with Crippen molar-refractivity contribution in [2.45, 2.75) is 20.0 Å². The van der Waals surface area contributed by atoms with E-state index in [2.05, 4.69) is 5.32 Å². The van der Waals surface area contributed by atoms with Gasteiger partial charge in [0.1, 0.15) is 11.6 Å². The molecular weight excluding hydrogens is 281 g/mol. The number of halogens is 3. The Morgan fingerprint density at radius 1 is 1.05 bits per heavy atom. The first-order chi connectivity index (χ1) is 9.85. The largest absolute Gasteiger partial charge is 0.491 e. The lowest BCUT2D eigenvalue weighted by Crippen LogP contribution is -2.06. The number of rotatable bonds is 4. The average molecular weight is 296 g/mol. The molecule has 2 rings (SSSR count). The summed E-state index contributed by atoms with van der Waals surface area (Å²) in [5.74, 6) is -2.83. The molecule has 0 saturated heterocycles. The van der Waals surface area contributed by atoms with Crippen LogP contribution in [0.3, 0.4) is 0 Å². The summed E-state index contributed by atoms with van der Waals surface area (Å²) in [6, 6.07) is 6.03. The van der Waals surface area contributed by atoms with Gasteiger partial charge in [0.25, 0.3) is 0 Å². The highest BCUT2D eigenvalue weighted by molar-refractivity contribution is 5.66. The normalized spacial score (nSPS) is 10.8. The molecule has 0 amide bonds. The number of anilines is 3. The topological polar surface area (TPSA) is 47.3 Å². The first-order valence-corrected chi connectivity index (χ1v) is 6.34. The number of nitrogen functional groups attached to an aromatic ring is 1. The summed E-state index contributed by atoms with van der Waals surface area (Å²) in [4.78, 5) is 0. The zero-order chi connectivity index (χ0) is 15.6. The highest BCUT2D eigenvalue weighted by Crippen LogP contribution is 2.28. The highest BCUT2D eigenvalue weighted by Gasteiger charge is 2.12. The molecule has 0 aliphatic heterocycles. The smallest absolute Gasteiger partial charge is 0.182 e. The van der Waals surface area contributed by atoms with Gasteiger partial charge in [0.15, 0.2) is 11.6 Å². The van der Waals surface area contributed by atoms with E-state index in [0.717, 1.165) is 6.07 Å². The summed E-state index contributed by atoms with van der Waals surface area (Å²) in [5, 5.41) is 2.59. The summed E-state index contributed by atoms with van der Waals surface area (Å²) in [7, 11) is 0. The van der Waals surface area contributed by atoms with Crippen molar-refractivity contribution in [2.75, 3.05) is 11.1 Å². The molecule has 0 spiro atoms. The molecule has 0 atom stereocenters. The SMILES string of the molecule is CC(C)Oc1cc(N)cc(Nc2cc(F)cc(F)c2F)c1. The Hall–Kier alpha value is -2.37. The van der Waals surface area contributed by atoms with Crippen LogP contribution in [0.25, 0.3) is 0 Å². The van der Waals surface area contributed by atoms with E-state index in [1.54, 1.807) is 12.1 Å². The molecule has 0 saturated carbocycles. The molecule has 2 aromatic carbocycles. The summed E-state index contributed by atoms with van der Waals surface area (Å²) in [6.45, 7) is 3.69. The van der Waals surface area contributed by atoms with Crippen LogP contribution in [-0.2, 0) is 0 Å². The molecule has 0 heterocycles. The second-order valence-corrected chi connectivity index (χ2v) is 4.83. The summed E-state index contributed by atoms with van der Waals surface area (Å²) in [5.41, 5.74) is 6.17. The van der Waals surface area contributed by atoms with Gasteiger partial charge in [-0.2, -0.15) is 0 Å². The third-order valence-electron chi connectivity index (χ3n) is 2.57. The van der Waals surface area contributed by atoms with Gasteiger partial charge in [0.2, 0.25) is 0 Å². The summed E-state index contributed by atoms with van der Waals surface area (Å²) >= 11 is 0. The molecule has 0 unspecified atom stereocenters. The Bertz CT molecular complexity index is 660. The van der Waals surface area contributed by atoms with Gasteiger partial charge in [-0.15, -0.1) is 0 Å². The van der Waals surface area contributed by atoms with Crippen molar-refractivity contribution in [1.82, 2.24) is 0 Å². The van der Waals surface area contributed by atoms with Crippen LogP contribution in [0.2, 0.25) is 0 Å². The maximum absolute atomic E-state index is 13.6. The van der Waals surface area contributed by atoms with Gasteiger partial charge in [0.05, 0.1) is 11.8 Å². The van der Waals surface area contributed by atoms with Gasteiger partial charge < -0.3 is 15.8 Å². The minimum absolute atomic E-state index is 0.0667. The van der Waals surface area contributed by atoms with E-state index in [-0.39, 0.29) is 11.8 Å². The number of hydrogen-bond acceptors (Lipinski definition) is 3. The molecule has 112 valence electrons. The van der Waals surface area contributed by atoms with E-state index >= 15 is 0 Å². The fourth-order valence-electron chi connectivity index (χ4n) is 1.84. The summed E-state index contributed by atoms with van der Waals surface area (Å²) in [6.07, 6.45) is -0.0667. The Kier molecular flexibility index (Phi) is 4.26. The Labute approximate surface area is 120 Å². The molecule has 0 aliphatic carbocycles. The van der Waals surface area contributed by atoms with E-state index in [1.165, 1.54) is 6.07 Å². The maximum atomic E-state index is 13.6. The predicted molar refractivity (Wildman–Crippen MR) is 76.2 cm³/mol. The van der Waals surface area contributed by atoms with Crippen molar-refractivity contribution in [3.05, 3.63) is 47.8 Å². The number of benzene rings is 2. The van der Waals surface area contributed by atoms with Crippen molar-refractivity contribution in [3.63, 3.8) is 0 Å². The van der Waals surface area contributed by atoms with Crippen LogP contribution in [0.1, 0.15) is 13.8 Å². The maximum Gasteiger partial charge on any atom is 0.182 e. The lowest BCUT2D eigenvalue weighted by atomic mass is 10.2. The first kappa shape index (κ1) is 15.0. The molecule has 3 N–H and O–H groups in total. The van der Waals surface area contributed by atoms with Gasteiger partial charge >= 0.3 is 0 Å². The molecule has 2 aromatic rings. The summed E-state index contributed by atoms with van der Waals surface area (Å²) < 4.78 is 45.4. The minimum atomic E-state index is -1.26. The fraction of sp³-hybridized carbons (Fsp3) is 0.200. The standard InChI is InChI=1S/C15H15F3N2O/c1-8(2)21-12-6-10(19)5-11(7-12)20-14-4-9(16)3-13(17)15(14)18/h3-8,20H,19H2,1-2H3. The van der Waals surface area contributed by atoms with Crippen LogP contribution in [-0.4, -0.2) is 6.10 Å². The Morgan fingerprint density at radius 3 is 2.43 bits per heavy atom. The zero-order valence-electron chi connectivity index (χ0n) is 11.6. The third-order valence-corrected chi connectivity index (χ3v) is 2.57. The van der Waals surface area contributed by atoms with Crippen LogP contribution in [0.5, 0.6) is 5.75 Å². The van der Waals surface area contributed by atoms with E-state index in [9.17, 15) is 13.2 Å². The number of ether oxygens (including phenoxy) is 1. The zero-order valence-corrected chi connectivity index (χ0v) is 11.6.